The van der Waals surface area contributed by atoms with Crippen LogP contribution in [-0.2, 0) is 12.8 Å². The zero-order valence-corrected chi connectivity index (χ0v) is 13.5. The number of alkyl halides is 1. The zero-order chi connectivity index (χ0) is 13.0. The molecule has 0 fully saturated rings. The molecule has 3 heteroatoms. The molecule has 0 bridgehead atoms. The minimum Gasteiger partial charge on any atom is -0.145 e. The first-order valence-corrected chi connectivity index (χ1v) is 8.43. The van der Waals surface area contributed by atoms with Crippen molar-refractivity contribution in [3.8, 4) is 0 Å². The van der Waals surface area contributed by atoms with Gasteiger partial charge in [-0.15, -0.1) is 11.3 Å². The van der Waals surface area contributed by atoms with Gasteiger partial charge in [0.25, 0.3) is 0 Å². The van der Waals surface area contributed by atoms with E-state index < -0.39 is 0 Å². The fourth-order valence-corrected chi connectivity index (χ4v) is 3.73. The molecule has 1 atom stereocenters. The van der Waals surface area contributed by atoms with Gasteiger partial charge in [0.1, 0.15) is 0 Å². The van der Waals surface area contributed by atoms with Crippen LogP contribution in [0.2, 0.25) is 5.02 Å². The summed E-state index contributed by atoms with van der Waals surface area (Å²) < 4.78 is 0. The Morgan fingerprint density at radius 1 is 1.11 bits per heavy atom. The lowest BCUT2D eigenvalue weighted by Crippen LogP contribution is -2.03. The van der Waals surface area contributed by atoms with Gasteiger partial charge >= 0.3 is 0 Å². The molecular formula is C15H16BrClS. The number of benzene rings is 1. The Labute approximate surface area is 126 Å². The van der Waals surface area contributed by atoms with Crippen molar-refractivity contribution in [3.05, 3.63) is 56.7 Å². The molecule has 0 nitrogen and oxygen atoms in total. The van der Waals surface area contributed by atoms with E-state index in [1.165, 1.54) is 15.3 Å². The van der Waals surface area contributed by atoms with Crippen molar-refractivity contribution >= 4 is 38.9 Å². The number of hydrogen-bond acceptors (Lipinski definition) is 1. The summed E-state index contributed by atoms with van der Waals surface area (Å²) in [5.74, 6) is 0.519. The van der Waals surface area contributed by atoms with Gasteiger partial charge in [-0.2, -0.15) is 0 Å². The van der Waals surface area contributed by atoms with Crippen LogP contribution in [0.4, 0.5) is 0 Å². The van der Waals surface area contributed by atoms with Crippen LogP contribution in [0.15, 0.2) is 36.4 Å². The topological polar surface area (TPSA) is 0 Å². The van der Waals surface area contributed by atoms with Crippen LogP contribution in [0.25, 0.3) is 0 Å². The Balaban J connectivity index is 2.11. The van der Waals surface area contributed by atoms with Gasteiger partial charge in [0.05, 0.1) is 0 Å². The van der Waals surface area contributed by atoms with Crippen LogP contribution in [0.5, 0.6) is 0 Å². The average molecular weight is 344 g/mol. The van der Waals surface area contributed by atoms with Crippen molar-refractivity contribution in [2.75, 3.05) is 5.33 Å². The molecule has 1 heterocycles. The van der Waals surface area contributed by atoms with Crippen LogP contribution < -0.4 is 0 Å². The Morgan fingerprint density at radius 2 is 1.78 bits per heavy atom. The van der Waals surface area contributed by atoms with E-state index in [9.17, 15) is 0 Å². The predicted molar refractivity (Wildman–Crippen MR) is 85.4 cm³/mol. The van der Waals surface area contributed by atoms with Crippen molar-refractivity contribution in [3.63, 3.8) is 0 Å². The van der Waals surface area contributed by atoms with E-state index in [2.05, 4.69) is 47.1 Å². The maximum Gasteiger partial charge on any atom is 0.0406 e. The molecular weight excluding hydrogens is 328 g/mol. The Kier molecular flexibility index (Phi) is 5.28. The van der Waals surface area contributed by atoms with Crippen LogP contribution in [0.1, 0.15) is 28.2 Å². The zero-order valence-electron chi connectivity index (χ0n) is 10.3. The van der Waals surface area contributed by atoms with Crippen molar-refractivity contribution in [1.82, 2.24) is 0 Å². The predicted octanol–water partition coefficient (Wildman–Crippen LogP) is 5.69. The second-order valence-electron chi connectivity index (χ2n) is 4.33. The lowest BCUT2D eigenvalue weighted by Gasteiger charge is -2.13. The summed E-state index contributed by atoms with van der Waals surface area (Å²) in [5, 5.41) is 1.78. The van der Waals surface area contributed by atoms with E-state index in [0.29, 0.717) is 5.92 Å². The summed E-state index contributed by atoms with van der Waals surface area (Å²) in [6.07, 6.45) is 2.22. The van der Waals surface area contributed by atoms with Gasteiger partial charge in [0.2, 0.25) is 0 Å². The van der Waals surface area contributed by atoms with Gasteiger partial charge in [-0.25, -0.2) is 0 Å². The summed E-state index contributed by atoms with van der Waals surface area (Å²) >= 11 is 11.5. The molecule has 1 aromatic carbocycles. The molecule has 0 saturated heterocycles. The standard InChI is InChI=1S/C15H16BrClS/c1-2-14-7-8-15(18-14)9-12(10-16)11-3-5-13(17)6-4-11/h3-8,12H,2,9-10H2,1H3. The highest BCUT2D eigenvalue weighted by molar-refractivity contribution is 9.09. The normalized spacial score (nSPS) is 12.6. The summed E-state index contributed by atoms with van der Waals surface area (Å²) in [6, 6.07) is 12.7. The molecule has 0 aliphatic rings. The molecule has 0 aliphatic carbocycles. The SMILES string of the molecule is CCc1ccc(CC(CBr)c2ccc(Cl)cc2)s1. The molecule has 96 valence electrons. The molecule has 18 heavy (non-hydrogen) atoms. The fraction of sp³-hybridized carbons (Fsp3) is 0.333. The van der Waals surface area contributed by atoms with Crippen LogP contribution >= 0.6 is 38.9 Å². The minimum atomic E-state index is 0.519. The highest BCUT2D eigenvalue weighted by Gasteiger charge is 2.12. The molecule has 2 aromatic rings. The maximum atomic E-state index is 5.93. The number of halogens is 2. The highest BCUT2D eigenvalue weighted by atomic mass is 79.9. The third kappa shape index (κ3) is 3.59. The molecule has 0 N–H and O–H groups in total. The second kappa shape index (κ2) is 6.74. The maximum absolute atomic E-state index is 5.93. The summed E-state index contributed by atoms with van der Waals surface area (Å²) in [7, 11) is 0. The molecule has 0 amide bonds. The highest BCUT2D eigenvalue weighted by Crippen LogP contribution is 2.28. The van der Waals surface area contributed by atoms with E-state index in [0.717, 1.165) is 23.2 Å². The smallest absolute Gasteiger partial charge is 0.0406 e. The van der Waals surface area contributed by atoms with E-state index >= 15 is 0 Å². The molecule has 0 aliphatic heterocycles. The fourth-order valence-electron chi connectivity index (χ4n) is 1.96. The molecule has 0 saturated carbocycles. The quantitative estimate of drug-likeness (QED) is 0.612. The molecule has 1 aromatic heterocycles. The van der Waals surface area contributed by atoms with E-state index in [1.807, 2.05) is 23.5 Å². The van der Waals surface area contributed by atoms with Crippen molar-refractivity contribution in [2.45, 2.75) is 25.7 Å². The molecule has 0 radical (unpaired) electrons. The minimum absolute atomic E-state index is 0.519. The number of rotatable bonds is 5. The van der Waals surface area contributed by atoms with E-state index in [4.69, 9.17) is 11.6 Å². The molecule has 1 unspecified atom stereocenters. The lowest BCUT2D eigenvalue weighted by atomic mass is 9.97. The van der Waals surface area contributed by atoms with Crippen LogP contribution in [0.3, 0.4) is 0 Å². The second-order valence-corrected chi connectivity index (χ2v) is 6.67. The van der Waals surface area contributed by atoms with E-state index in [1.54, 1.807) is 0 Å². The third-order valence-electron chi connectivity index (χ3n) is 3.04. The molecule has 0 spiro atoms. The first-order valence-electron chi connectivity index (χ1n) is 6.12. The average Bonchev–Trinajstić information content (AvgIpc) is 2.85. The third-order valence-corrected chi connectivity index (χ3v) is 5.33. The van der Waals surface area contributed by atoms with Gasteiger partial charge in [0, 0.05) is 20.1 Å². The first kappa shape index (κ1) is 14.1. The summed E-state index contributed by atoms with van der Waals surface area (Å²) in [5.41, 5.74) is 1.35. The van der Waals surface area contributed by atoms with Gasteiger partial charge in [-0.05, 0) is 48.6 Å². The van der Waals surface area contributed by atoms with Gasteiger partial charge in [-0.1, -0.05) is 46.6 Å². The Morgan fingerprint density at radius 3 is 2.33 bits per heavy atom. The van der Waals surface area contributed by atoms with Gasteiger partial charge in [-0.3, -0.25) is 0 Å². The number of aryl methyl sites for hydroxylation is 1. The number of thiophene rings is 1. The van der Waals surface area contributed by atoms with Crippen LogP contribution in [0, 0.1) is 0 Å². The van der Waals surface area contributed by atoms with Crippen molar-refractivity contribution in [2.24, 2.45) is 0 Å². The van der Waals surface area contributed by atoms with Crippen molar-refractivity contribution in [1.29, 1.82) is 0 Å². The Bertz CT molecular complexity index is 489. The van der Waals surface area contributed by atoms with Crippen molar-refractivity contribution < 1.29 is 0 Å². The van der Waals surface area contributed by atoms with Gasteiger partial charge in [0.15, 0.2) is 0 Å². The van der Waals surface area contributed by atoms with E-state index in [-0.39, 0.29) is 0 Å². The number of hydrogen-bond donors (Lipinski definition) is 0. The summed E-state index contributed by atoms with van der Waals surface area (Å²) in [4.78, 5) is 2.93. The monoisotopic (exact) mass is 342 g/mol. The largest absolute Gasteiger partial charge is 0.145 e. The van der Waals surface area contributed by atoms with Crippen LogP contribution in [-0.4, -0.2) is 5.33 Å². The first-order chi connectivity index (χ1) is 8.72. The lowest BCUT2D eigenvalue weighted by molar-refractivity contribution is 0.786. The summed E-state index contributed by atoms with van der Waals surface area (Å²) in [6.45, 7) is 2.21. The Hall–Kier alpha value is -0.310. The van der Waals surface area contributed by atoms with Gasteiger partial charge < -0.3 is 0 Å². The molecule has 2 rings (SSSR count).